The SMILES string of the molecule is COc1ccc2[nH]c(-c3cc4c(c(SC)n3)CCCCCC4)cc2c1. The van der Waals surface area contributed by atoms with Gasteiger partial charge in [-0.05, 0) is 73.4 Å². The van der Waals surface area contributed by atoms with Gasteiger partial charge in [0.25, 0.3) is 0 Å². The summed E-state index contributed by atoms with van der Waals surface area (Å²) in [6, 6.07) is 10.6. The zero-order valence-electron chi connectivity index (χ0n) is 14.9. The van der Waals surface area contributed by atoms with Gasteiger partial charge < -0.3 is 9.72 Å². The van der Waals surface area contributed by atoms with Crippen molar-refractivity contribution in [1.29, 1.82) is 0 Å². The maximum Gasteiger partial charge on any atom is 0.119 e. The number of benzene rings is 1. The summed E-state index contributed by atoms with van der Waals surface area (Å²) < 4.78 is 5.34. The summed E-state index contributed by atoms with van der Waals surface area (Å²) >= 11 is 1.78. The largest absolute Gasteiger partial charge is 0.497 e. The number of thioether (sulfide) groups is 1. The van der Waals surface area contributed by atoms with E-state index in [0.29, 0.717) is 0 Å². The van der Waals surface area contributed by atoms with E-state index in [2.05, 4.69) is 35.5 Å². The highest BCUT2D eigenvalue weighted by atomic mass is 32.2. The number of nitrogens with one attached hydrogen (secondary N) is 1. The zero-order valence-corrected chi connectivity index (χ0v) is 15.7. The number of rotatable bonds is 3. The van der Waals surface area contributed by atoms with Crippen molar-refractivity contribution >= 4 is 22.7 Å². The first-order chi connectivity index (χ1) is 12.3. The van der Waals surface area contributed by atoms with Crippen LogP contribution in [0.2, 0.25) is 0 Å². The number of pyridine rings is 1. The van der Waals surface area contributed by atoms with Gasteiger partial charge in [-0.25, -0.2) is 4.98 Å². The Balaban J connectivity index is 1.80. The van der Waals surface area contributed by atoms with Crippen LogP contribution in [-0.2, 0) is 12.8 Å². The van der Waals surface area contributed by atoms with E-state index in [1.807, 2.05) is 6.07 Å². The predicted octanol–water partition coefficient (Wildman–Crippen LogP) is 5.62. The molecule has 2 aromatic heterocycles. The number of fused-ring (bicyclic) bond motifs is 2. The molecule has 1 aliphatic carbocycles. The number of aromatic nitrogens is 2. The second-order valence-electron chi connectivity index (χ2n) is 6.70. The first-order valence-corrected chi connectivity index (χ1v) is 10.2. The van der Waals surface area contributed by atoms with Gasteiger partial charge in [0.15, 0.2) is 0 Å². The third-order valence-electron chi connectivity index (χ3n) is 5.10. The van der Waals surface area contributed by atoms with Crippen molar-refractivity contribution in [3.8, 4) is 17.1 Å². The maximum absolute atomic E-state index is 5.34. The molecule has 0 bridgehead atoms. The maximum atomic E-state index is 5.34. The van der Waals surface area contributed by atoms with E-state index in [1.54, 1.807) is 18.9 Å². The van der Waals surface area contributed by atoms with Gasteiger partial charge in [-0.15, -0.1) is 11.8 Å². The molecule has 0 aliphatic heterocycles. The summed E-state index contributed by atoms with van der Waals surface area (Å²) in [6.45, 7) is 0. The molecule has 0 amide bonds. The fourth-order valence-corrected chi connectivity index (χ4v) is 4.41. The summed E-state index contributed by atoms with van der Waals surface area (Å²) in [5.41, 5.74) is 6.23. The molecule has 4 heteroatoms. The molecule has 0 spiro atoms. The minimum atomic E-state index is 0.883. The number of ether oxygens (including phenoxy) is 1. The first-order valence-electron chi connectivity index (χ1n) is 9.02. The predicted molar refractivity (Wildman–Crippen MR) is 106 cm³/mol. The van der Waals surface area contributed by atoms with E-state index in [1.165, 1.54) is 54.7 Å². The molecule has 3 nitrogen and oxygen atoms in total. The molecule has 0 saturated heterocycles. The Morgan fingerprint density at radius 1 is 1.04 bits per heavy atom. The Hall–Kier alpha value is -1.94. The van der Waals surface area contributed by atoms with E-state index in [0.717, 1.165) is 28.0 Å². The molecular formula is C21H24N2OS. The Morgan fingerprint density at radius 3 is 2.68 bits per heavy atom. The van der Waals surface area contributed by atoms with Gasteiger partial charge in [0.2, 0.25) is 0 Å². The lowest BCUT2D eigenvalue weighted by molar-refractivity contribution is 0.415. The Bertz CT molecular complexity index is 900. The van der Waals surface area contributed by atoms with Crippen LogP contribution in [0.5, 0.6) is 5.75 Å². The number of H-pyrrole nitrogens is 1. The number of aromatic amines is 1. The standard InChI is InChI=1S/C21H24N2OS/c1-24-16-9-10-18-15(11-16)13-19(22-18)20-12-14-7-5-3-4-6-8-17(14)21(23-20)25-2/h9-13,22H,3-8H2,1-2H3. The fraction of sp³-hybridized carbons (Fsp3) is 0.381. The summed E-state index contributed by atoms with van der Waals surface area (Å²) in [5.74, 6) is 0.883. The summed E-state index contributed by atoms with van der Waals surface area (Å²) in [4.78, 5) is 8.51. The van der Waals surface area contributed by atoms with Crippen molar-refractivity contribution in [3.05, 3.63) is 41.5 Å². The number of hydrogen-bond donors (Lipinski definition) is 1. The average molecular weight is 353 g/mol. The van der Waals surface area contributed by atoms with Gasteiger partial charge in [0.05, 0.1) is 23.5 Å². The smallest absolute Gasteiger partial charge is 0.119 e. The van der Waals surface area contributed by atoms with Crippen LogP contribution in [0.25, 0.3) is 22.3 Å². The second kappa shape index (κ2) is 7.12. The number of aryl methyl sites for hydroxylation is 1. The van der Waals surface area contributed by atoms with Crippen LogP contribution in [0.1, 0.15) is 36.8 Å². The first kappa shape index (κ1) is 16.5. The average Bonchev–Trinajstić information content (AvgIpc) is 3.04. The third kappa shape index (κ3) is 3.28. The molecule has 2 heterocycles. The molecular weight excluding hydrogens is 328 g/mol. The van der Waals surface area contributed by atoms with Crippen LogP contribution in [0, 0.1) is 0 Å². The lowest BCUT2D eigenvalue weighted by Crippen LogP contribution is -2.04. The van der Waals surface area contributed by atoms with E-state index in [-0.39, 0.29) is 0 Å². The van der Waals surface area contributed by atoms with Crippen molar-refractivity contribution in [2.24, 2.45) is 0 Å². The summed E-state index contributed by atoms with van der Waals surface area (Å²) in [5, 5.41) is 2.36. The number of nitrogens with zero attached hydrogens (tertiary/aromatic N) is 1. The number of hydrogen-bond acceptors (Lipinski definition) is 3. The van der Waals surface area contributed by atoms with Gasteiger partial charge in [-0.1, -0.05) is 12.8 Å². The lowest BCUT2D eigenvalue weighted by atomic mass is 9.94. The van der Waals surface area contributed by atoms with Crippen molar-refractivity contribution in [1.82, 2.24) is 9.97 Å². The van der Waals surface area contributed by atoms with Crippen LogP contribution < -0.4 is 4.74 Å². The van der Waals surface area contributed by atoms with E-state index in [4.69, 9.17) is 9.72 Å². The molecule has 25 heavy (non-hydrogen) atoms. The van der Waals surface area contributed by atoms with Crippen LogP contribution in [0.15, 0.2) is 35.4 Å². The molecule has 0 atom stereocenters. The molecule has 0 saturated carbocycles. The zero-order chi connectivity index (χ0) is 17.2. The van der Waals surface area contributed by atoms with Gasteiger partial charge >= 0.3 is 0 Å². The van der Waals surface area contributed by atoms with E-state index in [9.17, 15) is 0 Å². The van der Waals surface area contributed by atoms with Crippen LogP contribution in [0.4, 0.5) is 0 Å². The van der Waals surface area contributed by atoms with Crippen LogP contribution in [-0.4, -0.2) is 23.3 Å². The molecule has 0 radical (unpaired) electrons. The van der Waals surface area contributed by atoms with Crippen molar-refractivity contribution in [2.75, 3.05) is 13.4 Å². The molecule has 0 fully saturated rings. The summed E-state index contributed by atoms with van der Waals surface area (Å²) in [6.07, 6.45) is 9.75. The lowest BCUT2D eigenvalue weighted by Gasteiger charge is -2.17. The monoisotopic (exact) mass is 352 g/mol. The fourth-order valence-electron chi connectivity index (χ4n) is 3.74. The van der Waals surface area contributed by atoms with Crippen molar-refractivity contribution < 1.29 is 4.74 Å². The number of methoxy groups -OCH3 is 1. The van der Waals surface area contributed by atoms with Crippen LogP contribution >= 0.6 is 11.8 Å². The van der Waals surface area contributed by atoms with Crippen LogP contribution in [0.3, 0.4) is 0 Å². The molecule has 0 unspecified atom stereocenters. The molecule has 130 valence electrons. The van der Waals surface area contributed by atoms with E-state index >= 15 is 0 Å². The highest BCUT2D eigenvalue weighted by Gasteiger charge is 2.16. The highest BCUT2D eigenvalue weighted by molar-refractivity contribution is 7.98. The quantitative estimate of drug-likeness (QED) is 0.622. The highest BCUT2D eigenvalue weighted by Crippen LogP contribution is 2.32. The molecule has 1 N–H and O–H groups in total. The molecule has 4 rings (SSSR count). The molecule has 1 aromatic carbocycles. The normalized spacial score (nSPS) is 14.8. The minimum Gasteiger partial charge on any atom is -0.497 e. The molecule has 3 aromatic rings. The van der Waals surface area contributed by atoms with Crippen molar-refractivity contribution in [3.63, 3.8) is 0 Å². The summed E-state index contributed by atoms with van der Waals surface area (Å²) in [7, 11) is 1.70. The second-order valence-corrected chi connectivity index (χ2v) is 7.50. The van der Waals surface area contributed by atoms with E-state index < -0.39 is 0 Å². The van der Waals surface area contributed by atoms with Gasteiger partial charge in [0, 0.05) is 10.9 Å². The van der Waals surface area contributed by atoms with Gasteiger partial charge in [0.1, 0.15) is 5.75 Å². The van der Waals surface area contributed by atoms with Crippen molar-refractivity contribution in [2.45, 2.75) is 43.6 Å². The Kier molecular flexibility index (Phi) is 4.71. The third-order valence-corrected chi connectivity index (χ3v) is 5.82. The topological polar surface area (TPSA) is 37.9 Å². The Morgan fingerprint density at radius 2 is 1.88 bits per heavy atom. The van der Waals surface area contributed by atoms with Gasteiger partial charge in [-0.2, -0.15) is 0 Å². The Labute approximate surface area is 153 Å². The minimum absolute atomic E-state index is 0.883. The van der Waals surface area contributed by atoms with Gasteiger partial charge in [-0.3, -0.25) is 0 Å². The molecule has 1 aliphatic rings.